The van der Waals surface area contributed by atoms with Crippen LogP contribution in [0.25, 0.3) is 11.0 Å². The summed E-state index contributed by atoms with van der Waals surface area (Å²) in [5.74, 6) is 0.326. The van der Waals surface area contributed by atoms with Crippen molar-refractivity contribution in [3.63, 3.8) is 0 Å². The molecular formula is C24H28F3N7O2. The first-order valence-corrected chi connectivity index (χ1v) is 12.0. The maximum absolute atomic E-state index is 12.9. The lowest BCUT2D eigenvalue weighted by Gasteiger charge is -2.35. The lowest BCUT2D eigenvalue weighted by molar-refractivity contribution is -0.141. The second kappa shape index (κ2) is 9.66. The summed E-state index contributed by atoms with van der Waals surface area (Å²) in [6.07, 6.45) is 2.33. The number of aromatic nitrogens is 4. The number of fused-ring (bicyclic) bond motifs is 1. The topological polar surface area (TPSA) is 113 Å². The van der Waals surface area contributed by atoms with Gasteiger partial charge in [-0.25, -0.2) is 9.97 Å². The number of β-amino-alcohol motifs (C(OH)–C–C–N with tert-alkyl or cyclic N) is 1. The van der Waals surface area contributed by atoms with Gasteiger partial charge in [0.25, 0.3) is 0 Å². The molecule has 2 atom stereocenters. The van der Waals surface area contributed by atoms with Crippen LogP contribution in [0.2, 0.25) is 0 Å². The molecule has 2 aliphatic rings. The summed E-state index contributed by atoms with van der Waals surface area (Å²) in [7, 11) is 0. The highest BCUT2D eigenvalue weighted by molar-refractivity contribution is 5.88. The molecule has 36 heavy (non-hydrogen) atoms. The van der Waals surface area contributed by atoms with Crippen LogP contribution < -0.4 is 10.6 Å². The fourth-order valence-corrected chi connectivity index (χ4v) is 4.89. The fourth-order valence-electron chi connectivity index (χ4n) is 4.89. The minimum absolute atomic E-state index is 0.000832. The molecule has 1 saturated carbocycles. The molecule has 3 aromatic rings. The summed E-state index contributed by atoms with van der Waals surface area (Å²) in [6, 6.07) is 4.66. The van der Waals surface area contributed by atoms with E-state index in [-0.39, 0.29) is 18.5 Å². The summed E-state index contributed by atoms with van der Waals surface area (Å²) < 4.78 is 40.7. The third-order valence-corrected chi connectivity index (χ3v) is 6.88. The normalized spacial score (nSPS) is 21.1. The molecule has 1 aliphatic carbocycles. The number of amides is 1. The summed E-state index contributed by atoms with van der Waals surface area (Å²) in [5, 5.41) is 11.5. The van der Waals surface area contributed by atoms with Gasteiger partial charge in [-0.05, 0) is 43.5 Å². The molecule has 9 nitrogen and oxygen atoms in total. The number of anilines is 1. The Balaban J connectivity index is 1.34. The Morgan fingerprint density at radius 1 is 1.17 bits per heavy atom. The molecule has 3 N–H and O–H groups in total. The molecule has 1 amide bonds. The molecule has 0 bridgehead atoms. The summed E-state index contributed by atoms with van der Waals surface area (Å²) in [4.78, 5) is 27.8. The van der Waals surface area contributed by atoms with Crippen molar-refractivity contribution in [1.82, 2.24) is 24.4 Å². The van der Waals surface area contributed by atoms with E-state index in [1.165, 1.54) is 18.6 Å². The van der Waals surface area contributed by atoms with Crippen LogP contribution in [0.15, 0.2) is 36.9 Å². The number of hydrogen-bond acceptors (Lipinski definition) is 7. The summed E-state index contributed by atoms with van der Waals surface area (Å²) >= 11 is 0. The third kappa shape index (κ3) is 5.29. The van der Waals surface area contributed by atoms with Crippen molar-refractivity contribution in [2.45, 2.75) is 50.7 Å². The van der Waals surface area contributed by atoms with Gasteiger partial charge in [0.1, 0.15) is 23.5 Å². The molecule has 4 heterocycles. The molecule has 1 aliphatic heterocycles. The van der Waals surface area contributed by atoms with Crippen molar-refractivity contribution in [2.24, 2.45) is 11.7 Å². The van der Waals surface area contributed by atoms with E-state index >= 15 is 0 Å². The van der Waals surface area contributed by atoms with Crippen LogP contribution in [0.3, 0.4) is 0 Å². The molecule has 0 aromatic carbocycles. The second-order valence-corrected chi connectivity index (χ2v) is 9.63. The van der Waals surface area contributed by atoms with Crippen molar-refractivity contribution in [2.75, 3.05) is 24.5 Å². The number of alkyl halides is 3. The lowest BCUT2D eigenvalue weighted by atomic mass is 9.93. The van der Waals surface area contributed by atoms with Crippen LogP contribution >= 0.6 is 0 Å². The number of likely N-dealkylation sites (tertiary alicyclic amines) is 1. The molecule has 0 unspecified atom stereocenters. The predicted molar refractivity (Wildman–Crippen MR) is 126 cm³/mol. The Morgan fingerprint density at radius 2 is 1.97 bits per heavy atom. The van der Waals surface area contributed by atoms with Crippen LogP contribution in [-0.2, 0) is 24.1 Å². The molecule has 0 spiro atoms. The number of nitrogens with two attached hydrogens (primary N) is 1. The van der Waals surface area contributed by atoms with Crippen LogP contribution in [0.5, 0.6) is 0 Å². The fraction of sp³-hybridized carbons (Fsp3) is 0.500. The number of aliphatic hydroxyl groups excluding tert-OH is 1. The highest BCUT2D eigenvalue weighted by Gasteiger charge is 2.34. The minimum atomic E-state index is -4.47. The monoisotopic (exact) mass is 503 g/mol. The molecule has 3 aromatic heterocycles. The number of halogens is 3. The van der Waals surface area contributed by atoms with Gasteiger partial charge >= 0.3 is 6.18 Å². The van der Waals surface area contributed by atoms with E-state index in [1.807, 2.05) is 21.7 Å². The third-order valence-electron chi connectivity index (χ3n) is 6.88. The Labute approximate surface area is 205 Å². The second-order valence-electron chi connectivity index (χ2n) is 9.63. The number of rotatable bonds is 8. The average Bonchev–Trinajstić information content (AvgIpc) is 3.59. The number of primary amides is 1. The first-order valence-electron chi connectivity index (χ1n) is 12.0. The van der Waals surface area contributed by atoms with Crippen LogP contribution in [-0.4, -0.2) is 67.2 Å². The van der Waals surface area contributed by atoms with Gasteiger partial charge in [-0.2, -0.15) is 13.2 Å². The number of piperidine rings is 1. The molecule has 2 fully saturated rings. The van der Waals surface area contributed by atoms with Gasteiger partial charge in [0.2, 0.25) is 5.91 Å². The standard InChI is InChI=1S/C24H28F3N7O2/c25-24(26,27)20-4-1-15(9-29-20)10-34(17-2-3-17)23-18-6-8-33(22(18)30-14-31-23)11-16-5-7-32(12-19(16)35)13-21(28)36/h1,4,6,8-9,14,16-17,19,35H,2-3,5,7,10-13H2,(H2,28,36)/t16-,19+/m0/s1. The Hall–Kier alpha value is -3.25. The van der Waals surface area contributed by atoms with Gasteiger partial charge in [0.05, 0.1) is 18.0 Å². The molecule has 192 valence electrons. The Morgan fingerprint density at radius 3 is 2.61 bits per heavy atom. The zero-order chi connectivity index (χ0) is 25.4. The number of carbonyl (C=O) groups is 1. The smallest absolute Gasteiger partial charge is 0.391 e. The van der Waals surface area contributed by atoms with Crippen molar-refractivity contribution in [3.8, 4) is 0 Å². The van der Waals surface area contributed by atoms with Crippen molar-refractivity contribution in [1.29, 1.82) is 0 Å². The van der Waals surface area contributed by atoms with E-state index in [0.717, 1.165) is 42.2 Å². The van der Waals surface area contributed by atoms with Crippen molar-refractivity contribution in [3.05, 3.63) is 48.2 Å². The maximum Gasteiger partial charge on any atom is 0.433 e. The van der Waals surface area contributed by atoms with Crippen LogP contribution in [0.4, 0.5) is 19.0 Å². The highest BCUT2D eigenvalue weighted by atomic mass is 19.4. The number of carbonyl (C=O) groups excluding carboxylic acids is 1. The Kier molecular flexibility index (Phi) is 6.56. The van der Waals surface area contributed by atoms with Gasteiger partial charge in [-0.3, -0.25) is 14.7 Å². The maximum atomic E-state index is 12.9. The van der Waals surface area contributed by atoms with E-state index in [1.54, 1.807) is 0 Å². The minimum Gasteiger partial charge on any atom is -0.391 e. The zero-order valence-corrected chi connectivity index (χ0v) is 19.6. The highest BCUT2D eigenvalue weighted by Crippen LogP contribution is 2.36. The van der Waals surface area contributed by atoms with Crippen molar-refractivity contribution < 1.29 is 23.1 Å². The Bertz CT molecular complexity index is 1230. The number of nitrogens with zero attached hydrogens (tertiary/aromatic N) is 6. The van der Waals surface area contributed by atoms with Gasteiger partial charge in [0, 0.05) is 44.0 Å². The van der Waals surface area contributed by atoms with Gasteiger partial charge in [-0.1, -0.05) is 6.07 Å². The SMILES string of the molecule is NC(=O)CN1CC[C@@H](Cn2ccc3c(N(Cc4ccc(C(F)(F)F)nc4)C4CC4)ncnc32)[C@H](O)C1. The van der Waals surface area contributed by atoms with E-state index < -0.39 is 23.9 Å². The lowest BCUT2D eigenvalue weighted by Crippen LogP contribution is -2.47. The number of hydrogen-bond donors (Lipinski definition) is 2. The van der Waals surface area contributed by atoms with E-state index in [0.29, 0.717) is 31.7 Å². The number of aliphatic hydroxyl groups is 1. The van der Waals surface area contributed by atoms with Gasteiger partial charge in [0.15, 0.2) is 0 Å². The first kappa shape index (κ1) is 24.4. The first-order chi connectivity index (χ1) is 17.2. The van der Waals surface area contributed by atoms with E-state index in [2.05, 4.69) is 19.9 Å². The van der Waals surface area contributed by atoms with E-state index in [9.17, 15) is 23.1 Å². The van der Waals surface area contributed by atoms with Gasteiger partial charge in [-0.15, -0.1) is 0 Å². The average molecular weight is 504 g/mol. The summed E-state index contributed by atoms with van der Waals surface area (Å²) in [6.45, 7) is 2.17. The largest absolute Gasteiger partial charge is 0.433 e. The number of pyridine rings is 1. The molecule has 5 rings (SSSR count). The van der Waals surface area contributed by atoms with Crippen LogP contribution in [0.1, 0.15) is 30.5 Å². The van der Waals surface area contributed by atoms with Crippen LogP contribution in [0, 0.1) is 5.92 Å². The predicted octanol–water partition coefficient (Wildman–Crippen LogP) is 2.18. The van der Waals surface area contributed by atoms with Crippen molar-refractivity contribution >= 4 is 22.8 Å². The molecular weight excluding hydrogens is 475 g/mol. The van der Waals surface area contributed by atoms with E-state index in [4.69, 9.17) is 5.73 Å². The summed E-state index contributed by atoms with van der Waals surface area (Å²) in [5.41, 5.74) is 5.78. The molecule has 0 radical (unpaired) electrons. The van der Waals surface area contributed by atoms with Gasteiger partial charge < -0.3 is 20.3 Å². The zero-order valence-electron chi connectivity index (χ0n) is 19.6. The molecule has 1 saturated heterocycles. The quantitative estimate of drug-likeness (QED) is 0.485. The molecule has 12 heteroatoms.